The number of aromatic nitrogens is 2. The molecule has 0 saturated heterocycles. The standard InChI is InChI=1S/C20H24N4OS/c1-16-9-14-26-19(16)15-21-18-7-5-17(6-8-18)20(25)23(2)11-4-13-24-12-3-10-22-24/h3,5-10,12,14,21H,4,11,13,15H2,1-2H3. The van der Waals surface area contributed by atoms with Gasteiger partial charge in [-0.05, 0) is 60.7 Å². The van der Waals surface area contributed by atoms with E-state index >= 15 is 0 Å². The molecule has 3 aromatic rings. The Morgan fingerprint density at radius 3 is 2.73 bits per heavy atom. The number of hydrogen-bond donors (Lipinski definition) is 1. The largest absolute Gasteiger partial charge is 0.380 e. The molecular weight excluding hydrogens is 344 g/mol. The Bertz CT molecular complexity index is 824. The zero-order chi connectivity index (χ0) is 18.4. The lowest BCUT2D eigenvalue weighted by Gasteiger charge is -2.17. The molecule has 3 rings (SSSR count). The Labute approximate surface area is 158 Å². The number of nitrogens with zero attached hydrogens (tertiary/aromatic N) is 3. The molecule has 136 valence electrons. The van der Waals surface area contributed by atoms with E-state index in [1.807, 2.05) is 48.3 Å². The van der Waals surface area contributed by atoms with Gasteiger partial charge in [0.2, 0.25) is 0 Å². The van der Waals surface area contributed by atoms with Crippen LogP contribution in [0.5, 0.6) is 0 Å². The summed E-state index contributed by atoms with van der Waals surface area (Å²) in [4.78, 5) is 15.6. The third-order valence-corrected chi connectivity index (χ3v) is 5.36. The minimum absolute atomic E-state index is 0.0473. The van der Waals surface area contributed by atoms with Crippen molar-refractivity contribution in [1.82, 2.24) is 14.7 Å². The average Bonchev–Trinajstić information content (AvgIpc) is 3.31. The fraction of sp³-hybridized carbons (Fsp3) is 0.300. The van der Waals surface area contributed by atoms with E-state index in [1.165, 1.54) is 10.4 Å². The van der Waals surface area contributed by atoms with Crippen molar-refractivity contribution in [3.05, 3.63) is 70.2 Å². The maximum atomic E-state index is 12.5. The zero-order valence-corrected chi connectivity index (χ0v) is 16.0. The molecule has 0 unspecified atom stereocenters. The first-order valence-electron chi connectivity index (χ1n) is 8.73. The molecule has 0 atom stereocenters. The van der Waals surface area contributed by atoms with Crippen LogP contribution in [-0.4, -0.2) is 34.2 Å². The van der Waals surface area contributed by atoms with Gasteiger partial charge in [0.1, 0.15) is 0 Å². The predicted molar refractivity (Wildman–Crippen MR) is 107 cm³/mol. The lowest BCUT2D eigenvalue weighted by Crippen LogP contribution is -2.28. The Kier molecular flexibility index (Phi) is 6.07. The molecule has 5 nitrogen and oxygen atoms in total. The molecule has 0 aliphatic heterocycles. The van der Waals surface area contributed by atoms with Gasteiger partial charge in [0.05, 0.1) is 0 Å². The SMILES string of the molecule is Cc1ccsc1CNc1ccc(C(=O)N(C)CCCn2cccn2)cc1. The van der Waals surface area contributed by atoms with Crippen molar-refractivity contribution in [2.45, 2.75) is 26.4 Å². The van der Waals surface area contributed by atoms with Crippen molar-refractivity contribution in [1.29, 1.82) is 0 Å². The Balaban J connectivity index is 1.48. The summed E-state index contributed by atoms with van der Waals surface area (Å²) in [6.07, 6.45) is 4.58. The van der Waals surface area contributed by atoms with Crippen LogP contribution in [0.15, 0.2) is 54.2 Å². The zero-order valence-electron chi connectivity index (χ0n) is 15.2. The molecule has 0 saturated carbocycles. The number of benzene rings is 1. The molecule has 1 N–H and O–H groups in total. The summed E-state index contributed by atoms with van der Waals surface area (Å²) in [6, 6.07) is 11.7. The fourth-order valence-corrected chi connectivity index (χ4v) is 3.57. The average molecular weight is 369 g/mol. The summed E-state index contributed by atoms with van der Waals surface area (Å²) < 4.78 is 1.88. The summed E-state index contributed by atoms with van der Waals surface area (Å²) >= 11 is 1.76. The summed E-state index contributed by atoms with van der Waals surface area (Å²) in [6.45, 7) is 4.45. The number of hydrogen-bond acceptors (Lipinski definition) is 4. The molecule has 0 fully saturated rings. The number of anilines is 1. The minimum atomic E-state index is 0.0473. The van der Waals surface area contributed by atoms with Crippen LogP contribution in [0.2, 0.25) is 0 Å². The van der Waals surface area contributed by atoms with Crippen molar-refractivity contribution >= 4 is 22.9 Å². The van der Waals surface area contributed by atoms with Crippen LogP contribution >= 0.6 is 11.3 Å². The molecule has 0 spiro atoms. The predicted octanol–water partition coefficient (Wildman–Crippen LogP) is 4.03. The molecule has 2 heterocycles. The van der Waals surface area contributed by atoms with Crippen molar-refractivity contribution < 1.29 is 4.79 Å². The van der Waals surface area contributed by atoms with E-state index in [0.717, 1.165) is 25.2 Å². The van der Waals surface area contributed by atoms with Gasteiger partial charge >= 0.3 is 0 Å². The molecule has 1 amide bonds. The van der Waals surface area contributed by atoms with Gasteiger partial charge in [-0.15, -0.1) is 11.3 Å². The van der Waals surface area contributed by atoms with Gasteiger partial charge < -0.3 is 10.2 Å². The van der Waals surface area contributed by atoms with Crippen molar-refractivity contribution in [3.63, 3.8) is 0 Å². The smallest absolute Gasteiger partial charge is 0.253 e. The first-order valence-corrected chi connectivity index (χ1v) is 9.61. The molecule has 0 aliphatic rings. The molecular formula is C20H24N4OS. The maximum absolute atomic E-state index is 12.5. The van der Waals surface area contributed by atoms with Crippen LogP contribution in [-0.2, 0) is 13.1 Å². The first-order chi connectivity index (χ1) is 12.6. The second-order valence-corrected chi connectivity index (χ2v) is 7.31. The number of rotatable bonds is 8. The van der Waals surface area contributed by atoms with Crippen LogP contribution in [0, 0.1) is 6.92 Å². The number of thiophene rings is 1. The van der Waals surface area contributed by atoms with Gasteiger partial charge in [-0.3, -0.25) is 9.48 Å². The van der Waals surface area contributed by atoms with E-state index < -0.39 is 0 Å². The lowest BCUT2D eigenvalue weighted by atomic mass is 10.1. The topological polar surface area (TPSA) is 50.2 Å². The monoisotopic (exact) mass is 368 g/mol. The summed E-state index contributed by atoms with van der Waals surface area (Å²) in [5.41, 5.74) is 3.05. The third kappa shape index (κ3) is 4.73. The van der Waals surface area contributed by atoms with Crippen LogP contribution in [0.3, 0.4) is 0 Å². The van der Waals surface area contributed by atoms with Crippen LogP contribution in [0.4, 0.5) is 5.69 Å². The number of nitrogens with one attached hydrogen (secondary N) is 1. The van der Waals surface area contributed by atoms with E-state index in [4.69, 9.17) is 0 Å². The number of amides is 1. The Morgan fingerprint density at radius 2 is 2.08 bits per heavy atom. The van der Waals surface area contributed by atoms with Crippen molar-refractivity contribution in [2.24, 2.45) is 0 Å². The molecule has 2 aromatic heterocycles. The van der Waals surface area contributed by atoms with Crippen LogP contribution in [0.25, 0.3) is 0 Å². The van der Waals surface area contributed by atoms with Gasteiger partial charge in [-0.1, -0.05) is 0 Å². The third-order valence-electron chi connectivity index (χ3n) is 4.34. The van der Waals surface area contributed by atoms with Crippen LogP contribution in [0.1, 0.15) is 27.2 Å². The highest BCUT2D eigenvalue weighted by Crippen LogP contribution is 2.18. The lowest BCUT2D eigenvalue weighted by molar-refractivity contribution is 0.0791. The second kappa shape index (κ2) is 8.67. The van der Waals surface area contributed by atoms with E-state index in [2.05, 4.69) is 28.8 Å². The highest BCUT2D eigenvalue weighted by atomic mass is 32.1. The number of carbonyl (C=O) groups is 1. The van der Waals surface area contributed by atoms with Crippen molar-refractivity contribution in [2.75, 3.05) is 18.9 Å². The highest BCUT2D eigenvalue weighted by Gasteiger charge is 2.11. The second-order valence-electron chi connectivity index (χ2n) is 6.31. The summed E-state index contributed by atoms with van der Waals surface area (Å²) in [7, 11) is 1.84. The number of carbonyl (C=O) groups excluding carboxylic acids is 1. The molecule has 0 aliphatic carbocycles. The van der Waals surface area contributed by atoms with E-state index in [-0.39, 0.29) is 5.91 Å². The molecule has 26 heavy (non-hydrogen) atoms. The van der Waals surface area contributed by atoms with Gasteiger partial charge in [0, 0.05) is 55.2 Å². The molecule has 6 heteroatoms. The van der Waals surface area contributed by atoms with Crippen molar-refractivity contribution in [3.8, 4) is 0 Å². The van der Waals surface area contributed by atoms with Gasteiger partial charge in [-0.25, -0.2) is 0 Å². The summed E-state index contributed by atoms with van der Waals surface area (Å²) in [5, 5.41) is 9.69. The first kappa shape index (κ1) is 18.2. The Hall–Kier alpha value is -2.60. The summed E-state index contributed by atoms with van der Waals surface area (Å²) in [5.74, 6) is 0.0473. The van der Waals surface area contributed by atoms with E-state index in [9.17, 15) is 4.79 Å². The fourth-order valence-electron chi connectivity index (χ4n) is 2.72. The van der Waals surface area contributed by atoms with Gasteiger partial charge in [0.25, 0.3) is 5.91 Å². The van der Waals surface area contributed by atoms with Gasteiger partial charge in [0.15, 0.2) is 0 Å². The quantitative estimate of drug-likeness (QED) is 0.653. The van der Waals surface area contributed by atoms with Crippen LogP contribution < -0.4 is 5.32 Å². The maximum Gasteiger partial charge on any atom is 0.253 e. The highest BCUT2D eigenvalue weighted by molar-refractivity contribution is 7.10. The normalized spacial score (nSPS) is 10.7. The van der Waals surface area contributed by atoms with E-state index in [0.29, 0.717) is 12.1 Å². The Morgan fingerprint density at radius 1 is 1.27 bits per heavy atom. The van der Waals surface area contributed by atoms with Gasteiger partial charge in [-0.2, -0.15) is 5.10 Å². The molecule has 0 bridgehead atoms. The molecule has 1 aromatic carbocycles. The number of aryl methyl sites for hydroxylation is 2. The minimum Gasteiger partial charge on any atom is -0.380 e. The van der Waals surface area contributed by atoms with E-state index in [1.54, 1.807) is 22.4 Å². The molecule has 0 radical (unpaired) electrons.